The molecule has 0 spiro atoms. The van der Waals surface area contributed by atoms with Crippen LogP contribution < -0.4 is 4.90 Å². The van der Waals surface area contributed by atoms with Crippen LogP contribution in [0.2, 0.25) is 0 Å². The minimum absolute atomic E-state index is 0.00146. The summed E-state index contributed by atoms with van der Waals surface area (Å²) >= 11 is 4.81. The van der Waals surface area contributed by atoms with Gasteiger partial charge in [-0.3, -0.25) is 9.79 Å². The van der Waals surface area contributed by atoms with Crippen molar-refractivity contribution < 1.29 is 13.2 Å². The highest BCUT2D eigenvalue weighted by atomic mass is 79.9. The summed E-state index contributed by atoms with van der Waals surface area (Å²) in [6.45, 7) is 0. The van der Waals surface area contributed by atoms with Crippen molar-refractivity contribution in [2.75, 3.05) is 36.3 Å². The number of amides is 1. The summed E-state index contributed by atoms with van der Waals surface area (Å²) in [4.78, 5) is 20.0. The maximum atomic E-state index is 12.0. The number of hydrogen-bond donors (Lipinski definition) is 0. The van der Waals surface area contributed by atoms with E-state index in [9.17, 15) is 13.2 Å². The minimum Gasteiger partial charge on any atom is -0.348 e. The second kappa shape index (κ2) is 6.68. The molecule has 3 rings (SSSR count). The van der Waals surface area contributed by atoms with E-state index in [1.165, 1.54) is 16.7 Å². The van der Waals surface area contributed by atoms with Crippen LogP contribution in [-0.2, 0) is 14.6 Å². The van der Waals surface area contributed by atoms with Gasteiger partial charge in [-0.25, -0.2) is 8.42 Å². The number of anilines is 1. The average Bonchev–Trinajstić information content (AvgIpc) is 2.95. The molecule has 1 aromatic rings. The van der Waals surface area contributed by atoms with Crippen LogP contribution >= 0.6 is 27.7 Å². The SMILES string of the molecule is CN(C)C(=O)CSC1=N[C@@H]2CS(=O)(=O)C[C@@H]2N1c1cccc(Br)c1. The summed E-state index contributed by atoms with van der Waals surface area (Å²) in [5.41, 5.74) is 0.887. The lowest BCUT2D eigenvalue weighted by Gasteiger charge is -2.26. The number of carbonyl (C=O) groups is 1. The molecule has 1 aromatic carbocycles. The predicted molar refractivity (Wildman–Crippen MR) is 101 cm³/mol. The van der Waals surface area contributed by atoms with Gasteiger partial charge in [-0.15, -0.1) is 0 Å². The minimum atomic E-state index is -3.07. The van der Waals surface area contributed by atoms with Crippen molar-refractivity contribution in [2.24, 2.45) is 4.99 Å². The Bertz CT molecular complexity index is 795. The van der Waals surface area contributed by atoms with E-state index < -0.39 is 9.84 Å². The number of sulfone groups is 1. The first-order valence-electron chi connectivity index (χ1n) is 7.43. The molecule has 130 valence electrons. The van der Waals surface area contributed by atoms with Crippen molar-refractivity contribution in [3.05, 3.63) is 28.7 Å². The molecular formula is C15H18BrN3O3S2. The number of thioether (sulfide) groups is 1. The van der Waals surface area contributed by atoms with Gasteiger partial charge in [0.1, 0.15) is 0 Å². The van der Waals surface area contributed by atoms with Crippen LogP contribution in [0.15, 0.2) is 33.7 Å². The number of fused-ring (bicyclic) bond motifs is 1. The normalized spacial score (nSPS) is 24.6. The third-order valence-corrected chi connectivity index (χ3v) is 7.16. The molecule has 24 heavy (non-hydrogen) atoms. The molecule has 9 heteroatoms. The van der Waals surface area contributed by atoms with Crippen molar-refractivity contribution in [2.45, 2.75) is 12.1 Å². The fraction of sp³-hybridized carbons (Fsp3) is 0.467. The van der Waals surface area contributed by atoms with Crippen molar-refractivity contribution in [1.29, 1.82) is 0 Å². The standard InChI is InChI=1S/C15H18BrN3O3S2/c1-18(2)14(20)7-23-15-17-12-8-24(21,22)9-13(12)19(15)11-5-3-4-10(16)6-11/h3-6,12-13H,7-9H2,1-2H3/t12-,13+/m1/s1. The largest absolute Gasteiger partial charge is 0.348 e. The van der Waals surface area contributed by atoms with Gasteiger partial charge in [0.05, 0.1) is 29.3 Å². The molecular weight excluding hydrogens is 414 g/mol. The van der Waals surface area contributed by atoms with E-state index in [0.717, 1.165) is 10.2 Å². The number of benzene rings is 1. The highest BCUT2D eigenvalue weighted by Gasteiger charge is 2.47. The molecule has 0 unspecified atom stereocenters. The first kappa shape index (κ1) is 17.8. The Balaban J connectivity index is 1.89. The van der Waals surface area contributed by atoms with E-state index in [1.807, 2.05) is 29.2 Å². The predicted octanol–water partition coefficient (Wildman–Crippen LogP) is 1.61. The van der Waals surface area contributed by atoms with Crippen LogP contribution in [0.4, 0.5) is 5.69 Å². The molecule has 2 atom stereocenters. The lowest BCUT2D eigenvalue weighted by Crippen LogP contribution is -2.39. The number of rotatable bonds is 3. The third-order valence-electron chi connectivity index (χ3n) is 4.02. The highest BCUT2D eigenvalue weighted by Crippen LogP contribution is 2.35. The van der Waals surface area contributed by atoms with Crippen LogP contribution in [0, 0.1) is 0 Å². The fourth-order valence-electron chi connectivity index (χ4n) is 2.82. The highest BCUT2D eigenvalue weighted by molar-refractivity contribution is 9.10. The fourth-order valence-corrected chi connectivity index (χ4v) is 6.15. The Morgan fingerprint density at radius 2 is 2.17 bits per heavy atom. The van der Waals surface area contributed by atoms with Crippen molar-refractivity contribution in [3.63, 3.8) is 0 Å². The molecule has 0 radical (unpaired) electrons. The number of amidine groups is 1. The topological polar surface area (TPSA) is 70.0 Å². The second-order valence-electron chi connectivity index (χ2n) is 6.05. The van der Waals surface area contributed by atoms with E-state index >= 15 is 0 Å². The monoisotopic (exact) mass is 431 g/mol. The molecule has 1 saturated heterocycles. The maximum Gasteiger partial charge on any atom is 0.232 e. The smallest absolute Gasteiger partial charge is 0.232 e. The number of nitrogens with zero attached hydrogens (tertiary/aromatic N) is 3. The van der Waals surface area contributed by atoms with Crippen LogP contribution in [0.5, 0.6) is 0 Å². The number of halogens is 1. The lowest BCUT2D eigenvalue weighted by atomic mass is 10.1. The van der Waals surface area contributed by atoms with Crippen LogP contribution in [0.1, 0.15) is 0 Å². The molecule has 2 aliphatic rings. The van der Waals surface area contributed by atoms with Gasteiger partial charge >= 0.3 is 0 Å². The first-order chi connectivity index (χ1) is 11.3. The van der Waals surface area contributed by atoms with E-state index in [2.05, 4.69) is 20.9 Å². The van der Waals surface area contributed by atoms with E-state index in [0.29, 0.717) is 5.17 Å². The Morgan fingerprint density at radius 1 is 1.42 bits per heavy atom. The number of aliphatic imine (C=N–C) groups is 1. The van der Waals surface area contributed by atoms with Gasteiger partial charge in [0, 0.05) is 24.3 Å². The zero-order chi connectivity index (χ0) is 17.5. The Labute approximate surface area is 154 Å². The first-order valence-corrected chi connectivity index (χ1v) is 11.0. The van der Waals surface area contributed by atoms with Gasteiger partial charge in [-0.05, 0) is 18.2 Å². The molecule has 0 N–H and O–H groups in total. The van der Waals surface area contributed by atoms with Crippen LogP contribution in [0.3, 0.4) is 0 Å². The lowest BCUT2D eigenvalue weighted by molar-refractivity contribution is -0.125. The number of hydrogen-bond acceptors (Lipinski definition) is 6. The van der Waals surface area contributed by atoms with Crippen molar-refractivity contribution >= 4 is 54.3 Å². The van der Waals surface area contributed by atoms with Crippen molar-refractivity contribution in [3.8, 4) is 0 Å². The van der Waals surface area contributed by atoms with E-state index in [-0.39, 0.29) is 35.2 Å². The number of carbonyl (C=O) groups excluding carboxylic acids is 1. The Kier molecular flexibility index (Phi) is 4.94. The Hall–Kier alpha value is -1.06. The zero-order valence-corrected chi connectivity index (χ0v) is 16.6. The summed E-state index contributed by atoms with van der Waals surface area (Å²) < 4.78 is 24.9. The van der Waals surface area contributed by atoms with Crippen LogP contribution in [-0.4, -0.2) is 67.8 Å². The van der Waals surface area contributed by atoms with Crippen molar-refractivity contribution in [1.82, 2.24) is 4.90 Å². The summed E-state index contributed by atoms with van der Waals surface area (Å²) in [5, 5.41) is 0.716. The van der Waals surface area contributed by atoms with Gasteiger partial charge in [0.25, 0.3) is 0 Å². The molecule has 2 heterocycles. The second-order valence-corrected chi connectivity index (χ2v) is 10.1. The molecule has 0 bridgehead atoms. The summed E-state index contributed by atoms with van der Waals surface area (Å²) in [6, 6.07) is 7.25. The molecule has 1 amide bonds. The Morgan fingerprint density at radius 3 is 2.83 bits per heavy atom. The molecule has 0 aromatic heterocycles. The molecule has 6 nitrogen and oxygen atoms in total. The van der Waals surface area contributed by atoms with Gasteiger partial charge in [-0.2, -0.15) is 0 Å². The van der Waals surface area contributed by atoms with E-state index in [1.54, 1.807) is 14.1 Å². The maximum absolute atomic E-state index is 12.0. The molecule has 1 fully saturated rings. The quantitative estimate of drug-likeness (QED) is 0.726. The van der Waals surface area contributed by atoms with Gasteiger partial charge < -0.3 is 9.80 Å². The molecule has 2 aliphatic heterocycles. The summed E-state index contributed by atoms with van der Waals surface area (Å²) in [5.74, 6) is 0.456. The summed E-state index contributed by atoms with van der Waals surface area (Å²) in [6.07, 6.45) is 0. The van der Waals surface area contributed by atoms with Crippen LogP contribution in [0.25, 0.3) is 0 Å². The van der Waals surface area contributed by atoms with Gasteiger partial charge in [0.15, 0.2) is 15.0 Å². The molecule has 0 aliphatic carbocycles. The molecule has 0 saturated carbocycles. The van der Waals surface area contributed by atoms with Gasteiger partial charge in [-0.1, -0.05) is 33.8 Å². The zero-order valence-electron chi connectivity index (χ0n) is 13.3. The summed E-state index contributed by atoms with van der Waals surface area (Å²) in [7, 11) is 0.360. The third kappa shape index (κ3) is 3.62. The van der Waals surface area contributed by atoms with E-state index in [4.69, 9.17) is 0 Å². The van der Waals surface area contributed by atoms with Gasteiger partial charge in [0.2, 0.25) is 5.91 Å². The average molecular weight is 432 g/mol.